The van der Waals surface area contributed by atoms with Crippen molar-refractivity contribution in [2.45, 2.75) is 69.9 Å². The number of amides is 1. The molecule has 1 aliphatic heterocycles. The van der Waals surface area contributed by atoms with Crippen LogP contribution in [0.5, 0.6) is 0 Å². The number of hydrogen-bond acceptors (Lipinski definition) is 3. The first-order chi connectivity index (χ1) is 11.1. The zero-order valence-corrected chi connectivity index (χ0v) is 15.1. The molecule has 0 aromatic rings. The molecule has 24 heavy (non-hydrogen) atoms. The van der Waals surface area contributed by atoms with Crippen LogP contribution in [0, 0.1) is 11.3 Å². The zero-order valence-electron chi connectivity index (χ0n) is 14.3. The van der Waals surface area contributed by atoms with Gasteiger partial charge >= 0.3 is 5.97 Å². The third-order valence-electron chi connectivity index (χ3n) is 6.67. The Morgan fingerprint density at radius 1 is 1.04 bits per heavy atom. The van der Waals surface area contributed by atoms with E-state index in [9.17, 15) is 14.7 Å². The molecule has 0 aromatic heterocycles. The number of fused-ring (bicyclic) bond motifs is 1. The van der Waals surface area contributed by atoms with Gasteiger partial charge in [-0.25, -0.2) is 0 Å². The number of nitrogens with zero attached hydrogens (tertiary/aromatic N) is 2. The van der Waals surface area contributed by atoms with Crippen molar-refractivity contribution in [1.82, 2.24) is 9.80 Å². The first kappa shape index (κ1) is 18.0. The minimum Gasteiger partial charge on any atom is -0.481 e. The summed E-state index contributed by atoms with van der Waals surface area (Å²) in [4.78, 5) is 29.0. The van der Waals surface area contributed by atoms with E-state index in [1.165, 1.54) is 12.8 Å². The lowest BCUT2D eigenvalue weighted by atomic mass is 9.81. The summed E-state index contributed by atoms with van der Waals surface area (Å²) < 4.78 is 0. The standard InChI is InChI=1S/C18H28N2O3.ClH/c21-16(20(15-7-8-15)14-5-1-2-6-14)11-19-10-13-4-3-9-18(13,12-19)17(22)23;/h13-15H,1-12H2,(H,22,23);1H/t13-,18+;/m0./s1. The van der Waals surface area contributed by atoms with Gasteiger partial charge in [-0.2, -0.15) is 0 Å². The molecule has 0 radical (unpaired) electrons. The summed E-state index contributed by atoms with van der Waals surface area (Å²) in [5.74, 6) is -0.154. The van der Waals surface area contributed by atoms with E-state index >= 15 is 0 Å². The van der Waals surface area contributed by atoms with Crippen LogP contribution >= 0.6 is 12.4 Å². The van der Waals surface area contributed by atoms with E-state index in [1.807, 2.05) is 0 Å². The molecule has 136 valence electrons. The quantitative estimate of drug-likeness (QED) is 0.822. The summed E-state index contributed by atoms with van der Waals surface area (Å²) in [6.07, 6.45) is 9.93. The molecule has 0 bridgehead atoms. The van der Waals surface area contributed by atoms with Crippen LogP contribution in [0.2, 0.25) is 0 Å². The van der Waals surface area contributed by atoms with E-state index in [1.54, 1.807) is 0 Å². The highest BCUT2D eigenvalue weighted by Gasteiger charge is 2.55. The first-order valence-electron chi connectivity index (χ1n) is 9.37. The van der Waals surface area contributed by atoms with Crippen LogP contribution < -0.4 is 0 Å². The molecule has 1 heterocycles. The topological polar surface area (TPSA) is 60.9 Å². The van der Waals surface area contributed by atoms with Gasteiger partial charge in [0.1, 0.15) is 0 Å². The Labute approximate surface area is 150 Å². The molecular weight excluding hydrogens is 328 g/mol. The van der Waals surface area contributed by atoms with E-state index in [2.05, 4.69) is 9.80 Å². The second-order valence-corrected chi connectivity index (χ2v) is 8.19. The van der Waals surface area contributed by atoms with Gasteiger partial charge in [-0.05, 0) is 44.4 Å². The second kappa shape index (κ2) is 6.83. The van der Waals surface area contributed by atoms with E-state index in [0.29, 0.717) is 25.2 Å². The number of carbonyl (C=O) groups excluding carboxylic acids is 1. The Morgan fingerprint density at radius 2 is 1.71 bits per heavy atom. The predicted octanol–water partition coefficient (Wildman–Crippen LogP) is 2.53. The van der Waals surface area contributed by atoms with Gasteiger partial charge in [0, 0.05) is 25.2 Å². The normalized spacial score (nSPS) is 33.2. The lowest BCUT2D eigenvalue weighted by Crippen LogP contribution is -2.46. The highest BCUT2D eigenvalue weighted by Crippen LogP contribution is 2.49. The Bertz CT molecular complexity index is 504. The fourth-order valence-corrected chi connectivity index (χ4v) is 5.38. The maximum atomic E-state index is 12.9. The van der Waals surface area contributed by atoms with Gasteiger partial charge in [0.25, 0.3) is 0 Å². The highest BCUT2D eigenvalue weighted by molar-refractivity contribution is 5.85. The minimum absolute atomic E-state index is 0. The van der Waals surface area contributed by atoms with Crippen LogP contribution in [0.4, 0.5) is 0 Å². The molecule has 6 heteroatoms. The predicted molar refractivity (Wildman–Crippen MR) is 93.2 cm³/mol. The smallest absolute Gasteiger partial charge is 0.311 e. The third-order valence-corrected chi connectivity index (χ3v) is 6.67. The number of aliphatic carboxylic acids is 1. The molecule has 5 nitrogen and oxygen atoms in total. The lowest BCUT2D eigenvalue weighted by molar-refractivity contribution is -0.149. The molecule has 1 amide bonds. The first-order valence-corrected chi connectivity index (χ1v) is 9.37. The number of carbonyl (C=O) groups is 2. The van der Waals surface area contributed by atoms with Crippen LogP contribution in [0.3, 0.4) is 0 Å². The van der Waals surface area contributed by atoms with Crippen LogP contribution in [0.1, 0.15) is 57.8 Å². The molecule has 1 saturated heterocycles. The molecule has 4 rings (SSSR count). The highest BCUT2D eigenvalue weighted by atomic mass is 35.5. The second-order valence-electron chi connectivity index (χ2n) is 8.19. The summed E-state index contributed by atoms with van der Waals surface area (Å²) >= 11 is 0. The fourth-order valence-electron chi connectivity index (χ4n) is 5.38. The van der Waals surface area contributed by atoms with E-state index in [4.69, 9.17) is 0 Å². The summed E-state index contributed by atoms with van der Waals surface area (Å²) in [5.41, 5.74) is -0.571. The minimum atomic E-state index is -0.648. The van der Waals surface area contributed by atoms with Crippen LogP contribution in [0.25, 0.3) is 0 Å². The van der Waals surface area contributed by atoms with Gasteiger partial charge in [-0.1, -0.05) is 19.3 Å². The van der Waals surface area contributed by atoms with Crippen molar-refractivity contribution >= 4 is 24.3 Å². The van der Waals surface area contributed by atoms with Gasteiger partial charge < -0.3 is 10.0 Å². The van der Waals surface area contributed by atoms with Gasteiger partial charge in [-0.3, -0.25) is 14.5 Å². The number of hydrogen-bond donors (Lipinski definition) is 1. The number of halogens is 1. The fraction of sp³-hybridized carbons (Fsp3) is 0.889. The van der Waals surface area contributed by atoms with Crippen LogP contribution in [-0.2, 0) is 9.59 Å². The average molecular weight is 357 g/mol. The molecular formula is C18H29ClN2O3. The maximum Gasteiger partial charge on any atom is 0.311 e. The van der Waals surface area contributed by atoms with E-state index in [-0.39, 0.29) is 24.2 Å². The Kier molecular flexibility index (Phi) is 5.12. The Balaban J connectivity index is 0.00000169. The summed E-state index contributed by atoms with van der Waals surface area (Å²) in [6.45, 7) is 1.79. The Hall–Kier alpha value is -0.810. The number of carboxylic acids is 1. The van der Waals surface area contributed by atoms with Gasteiger partial charge in [0.15, 0.2) is 0 Å². The SMILES string of the molecule is Cl.O=C(CN1C[C@@H]2CCC[C@@]2(C(=O)O)C1)N(C1CCCC1)C1CC1. The summed E-state index contributed by atoms with van der Waals surface area (Å²) in [6, 6.07) is 0.923. The molecule has 0 unspecified atom stereocenters. The molecule has 3 aliphatic carbocycles. The van der Waals surface area contributed by atoms with Crippen molar-refractivity contribution < 1.29 is 14.7 Å². The van der Waals surface area contributed by atoms with E-state index in [0.717, 1.165) is 51.5 Å². The van der Waals surface area contributed by atoms with Crippen LogP contribution in [0.15, 0.2) is 0 Å². The molecule has 4 aliphatic rings. The number of carboxylic acid groups (broad SMARTS) is 1. The van der Waals surface area contributed by atoms with Crippen molar-refractivity contribution in [3.63, 3.8) is 0 Å². The zero-order chi connectivity index (χ0) is 16.0. The summed E-state index contributed by atoms with van der Waals surface area (Å²) in [7, 11) is 0. The van der Waals surface area contributed by atoms with Crippen LogP contribution in [-0.4, -0.2) is 58.5 Å². The van der Waals surface area contributed by atoms with Gasteiger partial charge in [0.05, 0.1) is 12.0 Å². The van der Waals surface area contributed by atoms with Crippen molar-refractivity contribution in [3.05, 3.63) is 0 Å². The molecule has 0 aromatic carbocycles. The molecule has 4 fully saturated rings. The van der Waals surface area contributed by atoms with Gasteiger partial charge in [0.2, 0.25) is 5.91 Å². The van der Waals surface area contributed by atoms with Crippen molar-refractivity contribution in [3.8, 4) is 0 Å². The number of rotatable bonds is 5. The maximum absolute atomic E-state index is 12.9. The monoisotopic (exact) mass is 356 g/mol. The largest absolute Gasteiger partial charge is 0.481 e. The molecule has 3 saturated carbocycles. The molecule has 1 N–H and O–H groups in total. The molecule has 2 atom stereocenters. The summed E-state index contributed by atoms with van der Waals surface area (Å²) in [5, 5.41) is 9.68. The van der Waals surface area contributed by atoms with Gasteiger partial charge in [-0.15, -0.1) is 12.4 Å². The van der Waals surface area contributed by atoms with Crippen molar-refractivity contribution in [1.29, 1.82) is 0 Å². The lowest BCUT2D eigenvalue weighted by Gasteiger charge is -2.31. The average Bonchev–Trinajstić information content (AvgIpc) is 2.91. The van der Waals surface area contributed by atoms with Crippen molar-refractivity contribution in [2.75, 3.05) is 19.6 Å². The number of likely N-dealkylation sites (tertiary alicyclic amines) is 1. The Morgan fingerprint density at radius 3 is 2.29 bits per heavy atom. The molecule has 0 spiro atoms. The van der Waals surface area contributed by atoms with Crippen molar-refractivity contribution in [2.24, 2.45) is 11.3 Å². The van der Waals surface area contributed by atoms with E-state index < -0.39 is 11.4 Å². The third kappa shape index (κ3) is 3.05.